The van der Waals surface area contributed by atoms with Crippen LogP contribution >= 0.6 is 0 Å². The lowest BCUT2D eigenvalue weighted by molar-refractivity contribution is 0.0946. The van der Waals surface area contributed by atoms with Gasteiger partial charge in [-0.2, -0.15) is 0 Å². The molecule has 2 aromatic carbocycles. The third kappa shape index (κ3) is 3.55. The number of benzene rings is 2. The third-order valence-corrected chi connectivity index (χ3v) is 4.35. The maximum Gasteiger partial charge on any atom is 0.253 e. The maximum atomic E-state index is 12.6. The maximum absolute atomic E-state index is 12.6. The molecule has 0 saturated heterocycles. The van der Waals surface area contributed by atoms with Crippen LogP contribution in [0.5, 0.6) is 5.75 Å². The van der Waals surface area contributed by atoms with Crippen molar-refractivity contribution in [2.75, 3.05) is 7.11 Å². The highest BCUT2D eigenvalue weighted by Crippen LogP contribution is 2.22. The van der Waals surface area contributed by atoms with E-state index in [1.807, 2.05) is 54.6 Å². The van der Waals surface area contributed by atoms with Gasteiger partial charge in [0, 0.05) is 17.0 Å². The van der Waals surface area contributed by atoms with Crippen LogP contribution in [0, 0.1) is 6.92 Å². The second kappa shape index (κ2) is 7.48. The van der Waals surface area contributed by atoms with Gasteiger partial charge in [-0.25, -0.2) is 0 Å². The SMILES string of the molecule is COc1ccc2cc(C(=O)NCc3nnc(-c4ccccc4)o3)c(C)nc2c1. The van der Waals surface area contributed by atoms with E-state index in [4.69, 9.17) is 9.15 Å². The van der Waals surface area contributed by atoms with Gasteiger partial charge in [-0.05, 0) is 37.3 Å². The summed E-state index contributed by atoms with van der Waals surface area (Å²) in [6.07, 6.45) is 0. The highest BCUT2D eigenvalue weighted by molar-refractivity contribution is 5.98. The molecule has 1 amide bonds. The zero-order valence-electron chi connectivity index (χ0n) is 15.5. The predicted molar refractivity (Wildman–Crippen MR) is 104 cm³/mol. The molecule has 0 spiro atoms. The van der Waals surface area contributed by atoms with E-state index in [0.29, 0.717) is 23.0 Å². The number of carbonyl (C=O) groups excluding carboxylic acids is 1. The van der Waals surface area contributed by atoms with Crippen LogP contribution in [0.25, 0.3) is 22.4 Å². The highest BCUT2D eigenvalue weighted by atomic mass is 16.5. The third-order valence-electron chi connectivity index (χ3n) is 4.35. The van der Waals surface area contributed by atoms with E-state index in [2.05, 4.69) is 20.5 Å². The molecule has 0 aliphatic rings. The molecule has 7 heteroatoms. The fourth-order valence-electron chi connectivity index (χ4n) is 2.87. The molecule has 140 valence electrons. The number of carbonyl (C=O) groups is 1. The first-order chi connectivity index (χ1) is 13.6. The van der Waals surface area contributed by atoms with Crippen molar-refractivity contribution in [3.05, 3.63) is 71.7 Å². The predicted octanol–water partition coefficient (Wildman–Crippen LogP) is 3.53. The summed E-state index contributed by atoms with van der Waals surface area (Å²) in [6.45, 7) is 1.94. The minimum absolute atomic E-state index is 0.138. The summed E-state index contributed by atoms with van der Waals surface area (Å²) in [7, 11) is 1.61. The molecule has 1 N–H and O–H groups in total. The lowest BCUT2D eigenvalue weighted by Gasteiger charge is -2.08. The molecule has 2 heterocycles. The van der Waals surface area contributed by atoms with E-state index in [0.717, 1.165) is 22.2 Å². The molecular weight excluding hydrogens is 356 g/mol. The van der Waals surface area contributed by atoms with E-state index in [1.54, 1.807) is 14.0 Å². The molecule has 4 aromatic rings. The molecule has 0 aliphatic carbocycles. The van der Waals surface area contributed by atoms with Crippen molar-refractivity contribution in [1.82, 2.24) is 20.5 Å². The Hall–Kier alpha value is -3.74. The van der Waals surface area contributed by atoms with Gasteiger partial charge in [-0.3, -0.25) is 9.78 Å². The minimum atomic E-state index is -0.248. The van der Waals surface area contributed by atoms with Gasteiger partial charge < -0.3 is 14.5 Å². The van der Waals surface area contributed by atoms with Gasteiger partial charge in [-0.15, -0.1) is 10.2 Å². The van der Waals surface area contributed by atoms with E-state index in [-0.39, 0.29) is 12.5 Å². The van der Waals surface area contributed by atoms with Crippen molar-refractivity contribution in [3.63, 3.8) is 0 Å². The topological polar surface area (TPSA) is 90.1 Å². The number of amides is 1. The Morgan fingerprint density at radius 2 is 1.93 bits per heavy atom. The average molecular weight is 374 g/mol. The highest BCUT2D eigenvalue weighted by Gasteiger charge is 2.14. The van der Waals surface area contributed by atoms with Crippen molar-refractivity contribution in [1.29, 1.82) is 0 Å². The normalized spacial score (nSPS) is 10.8. The number of ether oxygens (including phenoxy) is 1. The van der Waals surface area contributed by atoms with Gasteiger partial charge in [0.2, 0.25) is 11.8 Å². The van der Waals surface area contributed by atoms with Gasteiger partial charge in [0.25, 0.3) is 5.91 Å². The van der Waals surface area contributed by atoms with E-state index in [1.165, 1.54) is 0 Å². The summed E-state index contributed by atoms with van der Waals surface area (Å²) in [5.74, 6) is 1.23. The Balaban J connectivity index is 1.49. The van der Waals surface area contributed by atoms with Crippen molar-refractivity contribution in [2.24, 2.45) is 0 Å². The zero-order valence-corrected chi connectivity index (χ0v) is 15.5. The Morgan fingerprint density at radius 1 is 1.11 bits per heavy atom. The average Bonchev–Trinajstić information content (AvgIpc) is 3.21. The summed E-state index contributed by atoms with van der Waals surface area (Å²) in [4.78, 5) is 17.1. The summed E-state index contributed by atoms with van der Waals surface area (Å²) < 4.78 is 10.8. The number of aromatic nitrogens is 3. The Bertz CT molecular complexity index is 1140. The van der Waals surface area contributed by atoms with Crippen LogP contribution in [0.15, 0.2) is 59.0 Å². The molecule has 0 unspecified atom stereocenters. The number of hydrogen-bond donors (Lipinski definition) is 1. The number of nitrogens with zero attached hydrogens (tertiary/aromatic N) is 3. The molecule has 0 bridgehead atoms. The van der Waals surface area contributed by atoms with Crippen LogP contribution < -0.4 is 10.1 Å². The number of hydrogen-bond acceptors (Lipinski definition) is 6. The van der Waals surface area contributed by atoms with Crippen LogP contribution in [0.4, 0.5) is 0 Å². The molecule has 0 saturated carbocycles. The van der Waals surface area contributed by atoms with Crippen LogP contribution in [0.3, 0.4) is 0 Å². The lowest BCUT2D eigenvalue weighted by atomic mass is 10.1. The van der Waals surface area contributed by atoms with Crippen molar-refractivity contribution in [3.8, 4) is 17.2 Å². The van der Waals surface area contributed by atoms with Crippen LogP contribution in [0.2, 0.25) is 0 Å². The summed E-state index contributed by atoms with van der Waals surface area (Å²) in [6, 6.07) is 16.8. The number of pyridine rings is 1. The first kappa shape index (κ1) is 17.7. The van der Waals surface area contributed by atoms with E-state index >= 15 is 0 Å². The minimum Gasteiger partial charge on any atom is -0.497 e. The van der Waals surface area contributed by atoms with Gasteiger partial charge >= 0.3 is 0 Å². The number of rotatable bonds is 5. The lowest BCUT2D eigenvalue weighted by Crippen LogP contribution is -2.24. The number of aryl methyl sites for hydroxylation is 1. The molecule has 7 nitrogen and oxygen atoms in total. The molecule has 0 atom stereocenters. The second-order valence-electron chi connectivity index (χ2n) is 6.23. The Kier molecular flexibility index (Phi) is 4.72. The van der Waals surface area contributed by atoms with Crippen LogP contribution in [-0.2, 0) is 6.54 Å². The van der Waals surface area contributed by atoms with Gasteiger partial charge in [-0.1, -0.05) is 18.2 Å². The second-order valence-corrected chi connectivity index (χ2v) is 6.23. The zero-order chi connectivity index (χ0) is 19.5. The van der Waals surface area contributed by atoms with Gasteiger partial charge in [0.1, 0.15) is 5.75 Å². The smallest absolute Gasteiger partial charge is 0.253 e. The van der Waals surface area contributed by atoms with E-state index in [9.17, 15) is 4.79 Å². The molecular formula is C21H18N4O3. The quantitative estimate of drug-likeness (QED) is 0.575. The monoisotopic (exact) mass is 374 g/mol. The molecule has 28 heavy (non-hydrogen) atoms. The number of nitrogens with one attached hydrogen (secondary N) is 1. The molecule has 2 aromatic heterocycles. The van der Waals surface area contributed by atoms with Crippen LogP contribution in [0.1, 0.15) is 21.9 Å². The van der Waals surface area contributed by atoms with Crippen molar-refractivity contribution < 1.29 is 13.9 Å². The molecule has 0 aliphatic heterocycles. The number of methoxy groups -OCH3 is 1. The summed E-state index contributed by atoms with van der Waals surface area (Å²) in [5.41, 5.74) is 2.74. The fourth-order valence-corrected chi connectivity index (χ4v) is 2.87. The summed E-state index contributed by atoms with van der Waals surface area (Å²) in [5, 5.41) is 11.7. The Labute approximate surface area is 161 Å². The van der Waals surface area contributed by atoms with Gasteiger partial charge in [0.15, 0.2) is 0 Å². The van der Waals surface area contributed by atoms with Crippen molar-refractivity contribution in [2.45, 2.75) is 13.5 Å². The molecule has 0 fully saturated rings. The molecule has 4 rings (SSSR count). The Morgan fingerprint density at radius 3 is 2.71 bits per heavy atom. The summed E-state index contributed by atoms with van der Waals surface area (Å²) >= 11 is 0. The number of fused-ring (bicyclic) bond motifs is 1. The fraction of sp³-hybridized carbons (Fsp3) is 0.143. The van der Waals surface area contributed by atoms with E-state index < -0.39 is 0 Å². The van der Waals surface area contributed by atoms with Crippen LogP contribution in [-0.4, -0.2) is 28.2 Å². The first-order valence-electron chi connectivity index (χ1n) is 8.75. The molecule has 0 radical (unpaired) electrons. The van der Waals surface area contributed by atoms with Gasteiger partial charge in [0.05, 0.1) is 30.4 Å². The first-order valence-corrected chi connectivity index (χ1v) is 8.75. The largest absolute Gasteiger partial charge is 0.497 e. The standard InChI is InChI=1S/C21H18N4O3/c1-13-17(10-15-8-9-16(27-2)11-18(15)23-13)20(26)22-12-19-24-25-21(28-19)14-6-4-3-5-7-14/h3-11H,12H2,1-2H3,(H,22,26). The van der Waals surface area contributed by atoms with Crippen molar-refractivity contribution >= 4 is 16.8 Å².